The Morgan fingerprint density at radius 3 is 2.75 bits per heavy atom. The molecule has 0 spiro atoms. The van der Waals surface area contributed by atoms with E-state index in [1.54, 1.807) is 37.8 Å². The molecule has 0 amide bonds. The predicted molar refractivity (Wildman–Crippen MR) is 78.2 cm³/mol. The van der Waals surface area contributed by atoms with Gasteiger partial charge in [0.25, 0.3) is 0 Å². The third-order valence-corrected chi connectivity index (χ3v) is 3.76. The molecule has 106 valence electrons. The zero-order valence-corrected chi connectivity index (χ0v) is 12.0. The van der Waals surface area contributed by atoms with Crippen LogP contribution in [0.2, 0.25) is 0 Å². The molecule has 0 radical (unpaired) electrons. The van der Waals surface area contributed by atoms with Gasteiger partial charge in [-0.15, -0.1) is 11.3 Å². The molecule has 20 heavy (non-hydrogen) atoms. The second-order valence-electron chi connectivity index (χ2n) is 4.00. The van der Waals surface area contributed by atoms with Crippen molar-refractivity contribution in [2.24, 2.45) is 0 Å². The van der Waals surface area contributed by atoms with Crippen LogP contribution in [0.15, 0.2) is 29.6 Å². The molecule has 0 fully saturated rings. The van der Waals surface area contributed by atoms with Crippen LogP contribution < -0.4 is 14.8 Å². The van der Waals surface area contributed by atoms with E-state index in [0.717, 1.165) is 11.3 Å². The van der Waals surface area contributed by atoms with Gasteiger partial charge in [-0.3, -0.25) is 0 Å². The lowest BCUT2D eigenvalue weighted by Gasteiger charge is -2.12. The van der Waals surface area contributed by atoms with Crippen molar-refractivity contribution in [3.63, 3.8) is 0 Å². The van der Waals surface area contributed by atoms with Crippen molar-refractivity contribution in [3.05, 3.63) is 40.1 Å². The average Bonchev–Trinajstić information content (AvgIpc) is 2.93. The maximum Gasteiger partial charge on any atom is 0.346 e. The number of aromatic carboxylic acids is 1. The number of ether oxygens (including phenoxy) is 2. The Balaban J connectivity index is 2.17. The Hall–Kier alpha value is -2.21. The molecule has 0 saturated carbocycles. The zero-order valence-electron chi connectivity index (χ0n) is 11.2. The van der Waals surface area contributed by atoms with E-state index >= 15 is 0 Å². The maximum atomic E-state index is 11.1. The summed E-state index contributed by atoms with van der Waals surface area (Å²) in [6.45, 7) is 0.411. The number of carboxylic acids is 1. The number of rotatable bonds is 6. The molecule has 1 aromatic carbocycles. The number of anilines is 1. The topological polar surface area (TPSA) is 67.8 Å². The van der Waals surface area contributed by atoms with E-state index in [9.17, 15) is 4.79 Å². The summed E-state index contributed by atoms with van der Waals surface area (Å²) in [5.74, 6) is 0.476. The Morgan fingerprint density at radius 1 is 1.30 bits per heavy atom. The molecule has 2 rings (SSSR count). The smallest absolute Gasteiger partial charge is 0.346 e. The first kappa shape index (κ1) is 14.2. The number of carbonyl (C=O) groups is 1. The number of benzene rings is 1. The molecule has 0 aliphatic heterocycles. The quantitative estimate of drug-likeness (QED) is 0.856. The molecule has 6 heteroatoms. The van der Waals surface area contributed by atoms with E-state index in [-0.39, 0.29) is 0 Å². The van der Waals surface area contributed by atoms with E-state index in [0.29, 0.717) is 22.9 Å². The van der Waals surface area contributed by atoms with E-state index in [2.05, 4.69) is 5.32 Å². The highest BCUT2D eigenvalue weighted by molar-refractivity contribution is 7.12. The van der Waals surface area contributed by atoms with Gasteiger partial charge in [0.05, 0.1) is 19.9 Å². The van der Waals surface area contributed by atoms with Crippen LogP contribution in [0.1, 0.15) is 15.2 Å². The number of thiophene rings is 1. The summed E-state index contributed by atoms with van der Waals surface area (Å²) < 4.78 is 10.4. The fraction of sp³-hybridized carbons (Fsp3) is 0.214. The van der Waals surface area contributed by atoms with Crippen molar-refractivity contribution in [1.29, 1.82) is 0 Å². The summed E-state index contributed by atoms with van der Waals surface area (Å²) in [5, 5.41) is 14.0. The minimum absolute atomic E-state index is 0.347. The Bertz CT molecular complexity index is 609. The van der Waals surface area contributed by atoms with Gasteiger partial charge < -0.3 is 19.9 Å². The lowest BCUT2D eigenvalue weighted by Crippen LogP contribution is -2.05. The van der Waals surface area contributed by atoms with Crippen molar-refractivity contribution >= 4 is 23.0 Å². The molecule has 1 aromatic heterocycles. The fourth-order valence-corrected chi connectivity index (χ4v) is 2.57. The Morgan fingerprint density at radius 2 is 2.10 bits per heavy atom. The minimum atomic E-state index is -0.908. The number of nitrogens with one attached hydrogen (secondary N) is 1. The van der Waals surface area contributed by atoms with Gasteiger partial charge in [0, 0.05) is 12.6 Å². The molecule has 0 aliphatic carbocycles. The second-order valence-corrected chi connectivity index (χ2v) is 4.92. The van der Waals surface area contributed by atoms with Crippen molar-refractivity contribution in [1.82, 2.24) is 0 Å². The normalized spacial score (nSPS) is 10.1. The van der Waals surface area contributed by atoms with Gasteiger partial charge in [-0.2, -0.15) is 0 Å². The summed E-state index contributed by atoms with van der Waals surface area (Å²) in [7, 11) is 3.17. The molecule has 0 saturated heterocycles. The highest BCUT2D eigenvalue weighted by Crippen LogP contribution is 2.29. The van der Waals surface area contributed by atoms with E-state index < -0.39 is 5.97 Å². The van der Waals surface area contributed by atoms with Crippen molar-refractivity contribution in [3.8, 4) is 11.5 Å². The molecule has 0 aliphatic rings. The highest BCUT2D eigenvalue weighted by Gasteiger charge is 2.12. The van der Waals surface area contributed by atoms with Crippen LogP contribution >= 0.6 is 11.3 Å². The van der Waals surface area contributed by atoms with E-state index in [1.807, 2.05) is 6.07 Å². The van der Waals surface area contributed by atoms with Gasteiger partial charge in [0.15, 0.2) is 0 Å². The largest absolute Gasteiger partial charge is 0.497 e. The average molecular weight is 293 g/mol. The van der Waals surface area contributed by atoms with Crippen LogP contribution in [0.5, 0.6) is 11.5 Å². The lowest BCUT2D eigenvalue weighted by atomic mass is 10.2. The molecule has 5 nitrogen and oxygen atoms in total. The van der Waals surface area contributed by atoms with Gasteiger partial charge in [0.2, 0.25) is 0 Å². The lowest BCUT2D eigenvalue weighted by molar-refractivity contribution is 0.0701. The zero-order chi connectivity index (χ0) is 14.5. The number of methoxy groups -OCH3 is 2. The number of hydrogen-bond donors (Lipinski definition) is 2. The molecule has 2 aromatic rings. The molecule has 0 unspecified atom stereocenters. The molecular weight excluding hydrogens is 278 g/mol. The summed E-state index contributed by atoms with van der Waals surface area (Å²) in [6.07, 6.45) is 0. The first-order valence-corrected chi connectivity index (χ1v) is 6.79. The first-order chi connectivity index (χ1) is 9.65. The third-order valence-electron chi connectivity index (χ3n) is 2.82. The standard InChI is InChI=1S/C14H15NO4S/c1-18-10-3-4-12(19-2)11(7-10)15-8-9-5-6-20-13(9)14(16)17/h3-7,15H,8H2,1-2H3,(H,16,17). The SMILES string of the molecule is COc1ccc(OC)c(NCc2ccsc2C(=O)O)c1. The van der Waals surface area contributed by atoms with Crippen molar-refractivity contribution in [2.45, 2.75) is 6.54 Å². The molecular formula is C14H15NO4S. The van der Waals surface area contributed by atoms with Crippen molar-refractivity contribution < 1.29 is 19.4 Å². The van der Waals surface area contributed by atoms with Gasteiger partial charge in [0.1, 0.15) is 16.4 Å². The summed E-state index contributed by atoms with van der Waals surface area (Å²) in [4.78, 5) is 11.4. The summed E-state index contributed by atoms with van der Waals surface area (Å²) in [6, 6.07) is 7.21. The predicted octanol–water partition coefficient (Wildman–Crippen LogP) is 3.08. The van der Waals surface area contributed by atoms with Crippen LogP contribution in [0.4, 0.5) is 5.69 Å². The monoisotopic (exact) mass is 293 g/mol. The van der Waals surface area contributed by atoms with Crippen molar-refractivity contribution in [2.75, 3.05) is 19.5 Å². The minimum Gasteiger partial charge on any atom is -0.497 e. The van der Waals surface area contributed by atoms with Gasteiger partial charge in [-0.25, -0.2) is 4.79 Å². The number of carboxylic acid groups (broad SMARTS) is 1. The summed E-state index contributed by atoms with van der Waals surface area (Å²) >= 11 is 1.21. The highest BCUT2D eigenvalue weighted by atomic mass is 32.1. The first-order valence-electron chi connectivity index (χ1n) is 5.91. The van der Waals surface area contributed by atoms with E-state index in [4.69, 9.17) is 14.6 Å². The number of hydrogen-bond acceptors (Lipinski definition) is 5. The van der Waals surface area contributed by atoms with Gasteiger partial charge in [-0.05, 0) is 29.1 Å². The van der Waals surface area contributed by atoms with Crippen LogP contribution in [-0.4, -0.2) is 25.3 Å². The molecule has 1 heterocycles. The van der Waals surface area contributed by atoms with Crippen LogP contribution in [0, 0.1) is 0 Å². The van der Waals surface area contributed by atoms with Crippen LogP contribution in [0.25, 0.3) is 0 Å². The Labute approximate surface area is 120 Å². The second kappa shape index (κ2) is 6.29. The Kier molecular flexibility index (Phi) is 4.47. The maximum absolute atomic E-state index is 11.1. The fourth-order valence-electron chi connectivity index (χ4n) is 1.81. The van der Waals surface area contributed by atoms with Crippen LogP contribution in [-0.2, 0) is 6.54 Å². The third kappa shape index (κ3) is 3.03. The molecule has 0 bridgehead atoms. The van der Waals surface area contributed by atoms with Crippen LogP contribution in [0.3, 0.4) is 0 Å². The summed E-state index contributed by atoms with van der Waals surface area (Å²) in [5.41, 5.74) is 1.50. The van der Waals surface area contributed by atoms with Gasteiger partial charge in [-0.1, -0.05) is 0 Å². The molecule has 2 N–H and O–H groups in total. The van der Waals surface area contributed by atoms with E-state index in [1.165, 1.54) is 11.3 Å². The van der Waals surface area contributed by atoms with Gasteiger partial charge >= 0.3 is 5.97 Å². The molecule has 0 atom stereocenters.